The lowest BCUT2D eigenvalue weighted by molar-refractivity contribution is 0.276. The molecule has 1 aliphatic rings. The molecule has 2 atom stereocenters. The first kappa shape index (κ1) is 18.6. The molecule has 0 saturated carbocycles. The third-order valence-corrected chi connectivity index (χ3v) is 5.86. The lowest BCUT2D eigenvalue weighted by Crippen LogP contribution is -2.16. The molecule has 2 nitrogen and oxygen atoms in total. The van der Waals surface area contributed by atoms with Crippen LogP contribution in [0.25, 0.3) is 0 Å². The van der Waals surface area contributed by atoms with E-state index < -0.39 is 0 Å². The van der Waals surface area contributed by atoms with E-state index in [1.54, 1.807) is 0 Å². The Morgan fingerprint density at radius 3 is 2.81 bits per heavy atom. The van der Waals surface area contributed by atoms with Crippen LogP contribution in [0.2, 0.25) is 0 Å². The summed E-state index contributed by atoms with van der Waals surface area (Å²) in [5.74, 6) is 1.49. The Hall–Kier alpha value is -2.18. The van der Waals surface area contributed by atoms with Crippen molar-refractivity contribution in [1.82, 2.24) is 0 Å². The van der Waals surface area contributed by atoms with Crippen LogP contribution >= 0.6 is 8.58 Å². The van der Waals surface area contributed by atoms with Gasteiger partial charge in [0.1, 0.15) is 5.75 Å². The summed E-state index contributed by atoms with van der Waals surface area (Å²) < 4.78 is 6.29. The molecule has 0 radical (unpaired) electrons. The number of para-hydroxylation sites is 1. The van der Waals surface area contributed by atoms with E-state index >= 15 is 0 Å². The third kappa shape index (κ3) is 4.71. The zero-order valence-corrected chi connectivity index (χ0v) is 16.7. The van der Waals surface area contributed by atoms with E-state index in [2.05, 4.69) is 79.5 Å². The Labute approximate surface area is 158 Å². The molecule has 0 bridgehead atoms. The average Bonchev–Trinajstić information content (AvgIpc) is 2.64. The molecule has 2 aromatic carbocycles. The summed E-state index contributed by atoms with van der Waals surface area (Å²) in [6.45, 7) is 4.97. The van der Waals surface area contributed by atoms with Gasteiger partial charge in [-0.25, -0.2) is 0 Å². The van der Waals surface area contributed by atoms with Crippen LogP contribution < -0.4 is 15.3 Å². The highest BCUT2D eigenvalue weighted by molar-refractivity contribution is 7.56. The topological polar surface area (TPSA) is 21.6 Å². The predicted octanol–water partition coefficient (Wildman–Crippen LogP) is 4.49. The van der Waals surface area contributed by atoms with Gasteiger partial charge >= 0.3 is 0 Å². The molecule has 2 unspecified atom stereocenters. The molecule has 0 heterocycles. The zero-order valence-electron chi connectivity index (χ0n) is 15.7. The second-order valence-corrected chi connectivity index (χ2v) is 8.00. The molecule has 134 valence electrons. The van der Waals surface area contributed by atoms with Crippen molar-refractivity contribution < 1.29 is 4.74 Å². The van der Waals surface area contributed by atoms with Crippen molar-refractivity contribution in [2.45, 2.75) is 20.3 Å². The van der Waals surface area contributed by atoms with Crippen molar-refractivity contribution in [3.8, 4) is 5.75 Å². The number of rotatable bonds is 6. The van der Waals surface area contributed by atoms with Crippen LogP contribution in [0.15, 0.2) is 65.7 Å². The number of hydrogen-bond acceptors (Lipinski definition) is 2. The van der Waals surface area contributed by atoms with Crippen molar-refractivity contribution >= 4 is 25.4 Å². The summed E-state index contributed by atoms with van der Waals surface area (Å²) in [6, 6.07) is 13.0. The van der Waals surface area contributed by atoms with Gasteiger partial charge in [-0.05, 0) is 37.2 Å². The van der Waals surface area contributed by atoms with Crippen LogP contribution in [0.3, 0.4) is 0 Å². The largest absolute Gasteiger partial charge is 0.492 e. The van der Waals surface area contributed by atoms with Crippen LogP contribution in [-0.2, 0) is 0 Å². The van der Waals surface area contributed by atoms with Crippen molar-refractivity contribution in [3.05, 3.63) is 77.4 Å². The molecule has 0 aromatic heterocycles. The molecule has 0 N–H and O–H groups in total. The number of hydrogen-bond donors (Lipinski definition) is 0. The fourth-order valence-electron chi connectivity index (χ4n) is 3.08. The van der Waals surface area contributed by atoms with E-state index in [4.69, 9.17) is 4.74 Å². The van der Waals surface area contributed by atoms with Crippen LogP contribution in [0.1, 0.15) is 23.1 Å². The van der Waals surface area contributed by atoms with E-state index in [1.165, 1.54) is 27.3 Å². The van der Waals surface area contributed by atoms with Crippen molar-refractivity contribution in [2.75, 3.05) is 13.7 Å². The number of benzene rings is 2. The summed E-state index contributed by atoms with van der Waals surface area (Å²) in [6.07, 6.45) is 11.7. The van der Waals surface area contributed by atoms with Gasteiger partial charge in [0.2, 0.25) is 0 Å². The Bertz CT molecular complexity index is 851. The van der Waals surface area contributed by atoms with E-state index in [0.29, 0.717) is 14.5 Å². The molecule has 0 amide bonds. The van der Waals surface area contributed by atoms with Crippen molar-refractivity contribution in [3.63, 3.8) is 0 Å². The van der Waals surface area contributed by atoms with Gasteiger partial charge in [0.05, 0.1) is 6.61 Å². The van der Waals surface area contributed by atoms with Gasteiger partial charge in [-0.15, -0.1) is 0 Å². The Balaban J connectivity index is 1.83. The molecular formula is C23H26NOP. The Morgan fingerprint density at radius 2 is 2.04 bits per heavy atom. The highest BCUT2D eigenvalue weighted by atomic mass is 31.1. The van der Waals surface area contributed by atoms with Gasteiger partial charge in [-0.1, -0.05) is 68.8 Å². The van der Waals surface area contributed by atoms with Gasteiger partial charge in [-0.3, -0.25) is 4.99 Å². The van der Waals surface area contributed by atoms with Crippen LogP contribution in [-0.4, -0.2) is 19.9 Å². The maximum Gasteiger partial charge on any atom is 0.129 e. The molecule has 3 heteroatoms. The van der Waals surface area contributed by atoms with Gasteiger partial charge in [0, 0.05) is 30.0 Å². The third-order valence-electron chi connectivity index (χ3n) is 4.47. The van der Waals surface area contributed by atoms with E-state index in [1.807, 2.05) is 13.3 Å². The SMILES string of the molecule is CN=Cc1cc(C)ccc1Pc1cccc(C)c1OCC1C=CC=CC1. The van der Waals surface area contributed by atoms with Crippen LogP contribution in [0.4, 0.5) is 0 Å². The second kappa shape index (κ2) is 8.96. The first-order valence-electron chi connectivity index (χ1n) is 9.03. The monoisotopic (exact) mass is 363 g/mol. The highest BCUT2D eigenvalue weighted by Gasteiger charge is 2.13. The first-order chi connectivity index (χ1) is 12.7. The molecule has 0 spiro atoms. The summed E-state index contributed by atoms with van der Waals surface area (Å²) >= 11 is 0. The number of allylic oxidation sites excluding steroid dienone is 3. The van der Waals surface area contributed by atoms with E-state index in [0.717, 1.165) is 18.8 Å². The minimum atomic E-state index is 0.456. The summed E-state index contributed by atoms with van der Waals surface area (Å²) in [5.41, 5.74) is 3.65. The lowest BCUT2D eigenvalue weighted by atomic mass is 10.0. The first-order valence-corrected chi connectivity index (χ1v) is 10.0. The molecular weight excluding hydrogens is 337 g/mol. The maximum absolute atomic E-state index is 6.29. The zero-order chi connectivity index (χ0) is 18.4. The van der Waals surface area contributed by atoms with Gasteiger partial charge in [0.25, 0.3) is 0 Å². The number of nitrogens with zero attached hydrogens (tertiary/aromatic N) is 1. The number of aliphatic imine (C=N–C) groups is 1. The standard InChI is InChI=1S/C23H26NOP/c1-17-12-13-21(20(14-17)15-24-3)26-22-11-7-8-18(2)23(22)25-16-19-9-5-4-6-10-19/h4-9,11-15,19,26H,10,16H2,1-3H3. The highest BCUT2D eigenvalue weighted by Crippen LogP contribution is 2.25. The molecule has 0 fully saturated rings. The molecule has 26 heavy (non-hydrogen) atoms. The second-order valence-electron chi connectivity index (χ2n) is 6.67. The molecule has 3 rings (SSSR count). The summed E-state index contributed by atoms with van der Waals surface area (Å²) in [4.78, 5) is 4.22. The number of ether oxygens (including phenoxy) is 1. The number of aryl methyl sites for hydroxylation is 2. The smallest absolute Gasteiger partial charge is 0.129 e. The Kier molecular flexibility index (Phi) is 6.41. The van der Waals surface area contributed by atoms with E-state index in [-0.39, 0.29) is 0 Å². The predicted molar refractivity (Wildman–Crippen MR) is 115 cm³/mol. The molecule has 0 saturated heterocycles. The quantitative estimate of drug-likeness (QED) is 0.547. The average molecular weight is 363 g/mol. The summed E-state index contributed by atoms with van der Waals surface area (Å²) in [5, 5.41) is 2.56. The summed E-state index contributed by atoms with van der Waals surface area (Å²) in [7, 11) is 2.37. The van der Waals surface area contributed by atoms with Gasteiger partial charge < -0.3 is 4.74 Å². The Morgan fingerprint density at radius 1 is 1.15 bits per heavy atom. The lowest BCUT2D eigenvalue weighted by Gasteiger charge is -2.19. The normalized spacial score (nSPS) is 16.8. The van der Waals surface area contributed by atoms with E-state index in [9.17, 15) is 0 Å². The van der Waals surface area contributed by atoms with Crippen LogP contribution in [0.5, 0.6) is 5.75 Å². The maximum atomic E-state index is 6.29. The van der Waals surface area contributed by atoms with Crippen molar-refractivity contribution in [2.24, 2.45) is 10.9 Å². The molecule has 1 aliphatic carbocycles. The van der Waals surface area contributed by atoms with Gasteiger partial charge in [0.15, 0.2) is 0 Å². The van der Waals surface area contributed by atoms with Crippen LogP contribution in [0, 0.1) is 19.8 Å². The fourth-order valence-corrected chi connectivity index (χ4v) is 4.38. The minimum Gasteiger partial charge on any atom is -0.492 e. The van der Waals surface area contributed by atoms with Gasteiger partial charge in [-0.2, -0.15) is 0 Å². The van der Waals surface area contributed by atoms with Crippen molar-refractivity contribution in [1.29, 1.82) is 0 Å². The molecule has 2 aromatic rings. The minimum absolute atomic E-state index is 0.456. The molecule has 0 aliphatic heterocycles. The fraction of sp³-hybridized carbons (Fsp3) is 0.261.